The smallest absolute Gasteiger partial charge is 0.352 e. The zero-order valence-electron chi connectivity index (χ0n) is 17.8. The van der Waals surface area contributed by atoms with Crippen molar-refractivity contribution in [1.82, 2.24) is 25.5 Å². The second-order valence-corrected chi connectivity index (χ2v) is 10.4. The molecule has 5 rings (SSSR count). The number of hydrogen-bond donors (Lipinski definition) is 4. The number of amides is 3. The number of nitrogens with one attached hydrogen (secondary N) is 3. The third-order valence-electron chi connectivity index (χ3n) is 6.05. The van der Waals surface area contributed by atoms with Crippen LogP contribution < -0.4 is 16.2 Å². The molecule has 13 heteroatoms. The van der Waals surface area contributed by atoms with Crippen LogP contribution in [-0.2, 0) is 19.2 Å². The first-order valence-corrected chi connectivity index (χ1v) is 12.8. The summed E-state index contributed by atoms with van der Waals surface area (Å²) in [4.78, 5) is 69.0. The Morgan fingerprint density at radius 2 is 2.09 bits per heavy atom. The number of carboxylic acids is 1. The van der Waals surface area contributed by atoms with Crippen LogP contribution in [0.25, 0.3) is 0 Å². The third-order valence-corrected chi connectivity index (χ3v) is 8.21. The SMILES string of the molecule is O=C(CSc1nccc(=O)[nH]1)N[C@@H]1C(=O)N2C(C(=O)O)=C(C(=C3CCNC3=O)C3CC3)CS[C@H]12. The summed E-state index contributed by atoms with van der Waals surface area (Å²) < 4.78 is 0. The summed E-state index contributed by atoms with van der Waals surface area (Å²) in [6.45, 7) is 0.525. The van der Waals surface area contributed by atoms with E-state index in [1.807, 2.05) is 0 Å². The van der Waals surface area contributed by atoms with Gasteiger partial charge in [0, 0.05) is 30.1 Å². The highest BCUT2D eigenvalue weighted by atomic mass is 32.2. The monoisotopic (exact) mass is 503 g/mol. The fourth-order valence-electron chi connectivity index (χ4n) is 4.42. The minimum atomic E-state index is -1.22. The lowest BCUT2D eigenvalue weighted by Crippen LogP contribution is -2.70. The van der Waals surface area contributed by atoms with Gasteiger partial charge in [0.25, 0.3) is 11.5 Å². The number of allylic oxidation sites excluding steroid dienone is 1. The summed E-state index contributed by atoms with van der Waals surface area (Å²) in [7, 11) is 0. The van der Waals surface area contributed by atoms with Gasteiger partial charge in [-0.2, -0.15) is 0 Å². The molecule has 1 saturated carbocycles. The van der Waals surface area contributed by atoms with E-state index < -0.39 is 29.2 Å². The van der Waals surface area contributed by atoms with Crippen molar-refractivity contribution in [3.05, 3.63) is 45.0 Å². The summed E-state index contributed by atoms with van der Waals surface area (Å²) in [5.41, 5.74) is 1.52. The quantitative estimate of drug-likeness (QED) is 0.171. The van der Waals surface area contributed by atoms with Gasteiger partial charge in [0.05, 0.1) is 5.75 Å². The minimum Gasteiger partial charge on any atom is -0.477 e. The van der Waals surface area contributed by atoms with Gasteiger partial charge in [-0.3, -0.25) is 24.1 Å². The fraction of sp³-hybridized carbons (Fsp3) is 0.429. The Morgan fingerprint density at radius 3 is 2.74 bits per heavy atom. The highest BCUT2D eigenvalue weighted by Gasteiger charge is 2.55. The van der Waals surface area contributed by atoms with Gasteiger partial charge in [-0.05, 0) is 36.3 Å². The molecule has 0 radical (unpaired) electrons. The van der Waals surface area contributed by atoms with Gasteiger partial charge < -0.3 is 20.7 Å². The van der Waals surface area contributed by atoms with E-state index in [4.69, 9.17) is 0 Å². The molecular weight excluding hydrogens is 482 g/mol. The van der Waals surface area contributed by atoms with Gasteiger partial charge in [0.1, 0.15) is 17.1 Å². The number of carbonyl (C=O) groups excluding carboxylic acids is 3. The summed E-state index contributed by atoms with van der Waals surface area (Å²) in [5, 5.41) is 15.2. The van der Waals surface area contributed by atoms with Crippen LogP contribution in [0.15, 0.2) is 44.6 Å². The van der Waals surface area contributed by atoms with Crippen LogP contribution in [0.1, 0.15) is 19.3 Å². The zero-order chi connectivity index (χ0) is 24.0. The molecule has 1 aromatic rings. The Hall–Kier alpha value is -3.06. The molecule has 3 fully saturated rings. The molecule has 4 N–H and O–H groups in total. The predicted octanol–water partition coefficient (Wildman–Crippen LogP) is -0.173. The van der Waals surface area contributed by atoms with Crippen LogP contribution in [0.4, 0.5) is 0 Å². The number of thioether (sulfide) groups is 2. The fourth-order valence-corrected chi connectivity index (χ4v) is 6.45. The number of β-lactam (4-membered cyclic amide) rings is 1. The average molecular weight is 504 g/mol. The Balaban J connectivity index is 1.33. The molecule has 0 aromatic carbocycles. The molecule has 0 spiro atoms. The molecule has 0 unspecified atom stereocenters. The number of nitrogens with zero attached hydrogens (tertiary/aromatic N) is 2. The molecule has 2 atom stereocenters. The minimum absolute atomic E-state index is 0.0615. The Morgan fingerprint density at radius 1 is 1.29 bits per heavy atom. The zero-order valence-corrected chi connectivity index (χ0v) is 19.5. The molecule has 3 amide bonds. The number of rotatable bonds is 7. The van der Waals surface area contributed by atoms with Crippen LogP contribution in [0.5, 0.6) is 0 Å². The van der Waals surface area contributed by atoms with Crippen molar-refractivity contribution < 1.29 is 24.3 Å². The van der Waals surface area contributed by atoms with E-state index in [1.54, 1.807) is 0 Å². The van der Waals surface area contributed by atoms with Crippen LogP contribution in [-0.4, -0.2) is 73.1 Å². The van der Waals surface area contributed by atoms with Gasteiger partial charge in [-0.15, -0.1) is 11.8 Å². The van der Waals surface area contributed by atoms with Gasteiger partial charge in [0.2, 0.25) is 11.8 Å². The van der Waals surface area contributed by atoms with Crippen molar-refractivity contribution in [2.75, 3.05) is 18.1 Å². The maximum Gasteiger partial charge on any atom is 0.352 e. The van der Waals surface area contributed by atoms with E-state index in [0.29, 0.717) is 29.9 Å². The normalized spacial score (nSPS) is 25.5. The number of carboxylic acid groups (broad SMARTS) is 1. The third kappa shape index (κ3) is 4.13. The summed E-state index contributed by atoms with van der Waals surface area (Å²) >= 11 is 2.41. The number of carbonyl (C=O) groups is 4. The summed E-state index contributed by atoms with van der Waals surface area (Å²) in [6.07, 6.45) is 3.66. The molecule has 4 heterocycles. The standard InChI is InChI=1S/C21H21N5O6S2/c27-12-4-6-23-21(25-12)34-8-13(28)24-15-18(30)26-16(20(31)32)11(7-33-19(15)26)14(9-1-2-9)10-3-5-22-17(10)29/h4,6,9,15,19H,1-3,5,7-8H2,(H,22,29)(H,24,28)(H,31,32)(H,23,25,27)/t15-,19-/m1/s1. The largest absolute Gasteiger partial charge is 0.477 e. The highest BCUT2D eigenvalue weighted by molar-refractivity contribution is 8.00. The Kier molecular flexibility index (Phi) is 5.98. The van der Waals surface area contributed by atoms with E-state index in [-0.39, 0.29) is 34.0 Å². The molecule has 1 aromatic heterocycles. The first-order valence-electron chi connectivity index (χ1n) is 10.8. The lowest BCUT2D eigenvalue weighted by atomic mass is 9.91. The van der Waals surface area contributed by atoms with Gasteiger partial charge in [-0.1, -0.05) is 11.8 Å². The van der Waals surface area contributed by atoms with Gasteiger partial charge in [0.15, 0.2) is 5.16 Å². The molecule has 178 valence electrons. The second kappa shape index (κ2) is 8.95. The molecule has 4 aliphatic rings. The van der Waals surface area contributed by atoms with Crippen LogP contribution >= 0.6 is 23.5 Å². The maximum absolute atomic E-state index is 12.9. The predicted molar refractivity (Wildman–Crippen MR) is 123 cm³/mol. The first-order chi connectivity index (χ1) is 16.3. The molecule has 2 saturated heterocycles. The van der Waals surface area contributed by atoms with Gasteiger partial charge in [-0.25, -0.2) is 9.78 Å². The number of fused-ring (bicyclic) bond motifs is 1. The van der Waals surface area contributed by atoms with Crippen molar-refractivity contribution in [3.63, 3.8) is 0 Å². The van der Waals surface area contributed by atoms with Crippen molar-refractivity contribution in [2.24, 2.45) is 5.92 Å². The number of aromatic amines is 1. The number of aromatic nitrogens is 2. The lowest BCUT2D eigenvalue weighted by molar-refractivity contribution is -0.150. The van der Waals surface area contributed by atoms with Crippen molar-refractivity contribution in [3.8, 4) is 0 Å². The van der Waals surface area contributed by atoms with E-state index >= 15 is 0 Å². The first kappa shape index (κ1) is 22.7. The second-order valence-electron chi connectivity index (χ2n) is 8.29. The van der Waals surface area contributed by atoms with E-state index in [2.05, 4.69) is 20.6 Å². The van der Waals surface area contributed by atoms with Crippen molar-refractivity contribution >= 4 is 47.2 Å². The lowest BCUT2D eigenvalue weighted by Gasteiger charge is -2.49. The van der Waals surface area contributed by atoms with Crippen LogP contribution in [0.2, 0.25) is 0 Å². The molecule has 3 aliphatic heterocycles. The van der Waals surface area contributed by atoms with E-state index in [1.165, 1.54) is 28.9 Å². The summed E-state index contributed by atoms with van der Waals surface area (Å²) in [5.74, 6) is -1.88. The van der Waals surface area contributed by atoms with Crippen molar-refractivity contribution in [1.29, 1.82) is 0 Å². The van der Waals surface area contributed by atoms with Crippen molar-refractivity contribution in [2.45, 2.75) is 35.8 Å². The van der Waals surface area contributed by atoms with Crippen LogP contribution in [0, 0.1) is 5.92 Å². The van der Waals surface area contributed by atoms with E-state index in [0.717, 1.165) is 30.2 Å². The molecule has 0 bridgehead atoms. The maximum atomic E-state index is 12.9. The average Bonchev–Trinajstić information content (AvgIpc) is 3.56. The number of H-pyrrole nitrogens is 1. The highest BCUT2D eigenvalue weighted by Crippen LogP contribution is 2.49. The van der Waals surface area contributed by atoms with Crippen LogP contribution in [0.3, 0.4) is 0 Å². The topological polar surface area (TPSA) is 162 Å². The molecule has 11 nitrogen and oxygen atoms in total. The molecular formula is C21H21N5O6S2. The Bertz CT molecular complexity index is 1220. The Labute approximate surface area is 201 Å². The van der Waals surface area contributed by atoms with E-state index in [9.17, 15) is 29.1 Å². The summed E-state index contributed by atoms with van der Waals surface area (Å²) in [6, 6.07) is 0.418. The number of aliphatic carboxylic acids is 1. The molecule has 1 aliphatic carbocycles. The molecule has 34 heavy (non-hydrogen) atoms. The number of hydrogen-bond acceptors (Lipinski definition) is 8. The van der Waals surface area contributed by atoms with Gasteiger partial charge >= 0.3 is 5.97 Å².